The van der Waals surface area contributed by atoms with Crippen molar-refractivity contribution >= 4 is 17.7 Å². The maximum absolute atomic E-state index is 11.6. The first-order valence-electron chi connectivity index (χ1n) is 7.18. The zero-order valence-corrected chi connectivity index (χ0v) is 13.4. The van der Waals surface area contributed by atoms with E-state index < -0.39 is 0 Å². The van der Waals surface area contributed by atoms with E-state index >= 15 is 0 Å². The number of esters is 1. The maximum atomic E-state index is 11.6. The Morgan fingerprint density at radius 3 is 2.70 bits per heavy atom. The van der Waals surface area contributed by atoms with E-state index in [2.05, 4.69) is 6.07 Å². The van der Waals surface area contributed by atoms with Crippen LogP contribution in [0.3, 0.4) is 0 Å². The van der Waals surface area contributed by atoms with Gasteiger partial charge in [-0.25, -0.2) is 0 Å². The molecule has 2 rings (SSSR count). The van der Waals surface area contributed by atoms with E-state index in [1.807, 2.05) is 48.5 Å². The average Bonchev–Trinajstić information content (AvgIpc) is 2.60. The molecule has 0 aromatic heterocycles. The molecule has 0 aliphatic rings. The Kier molecular flexibility index (Phi) is 7.02. The molecule has 0 heterocycles. The molecule has 0 aliphatic carbocycles. The van der Waals surface area contributed by atoms with Gasteiger partial charge in [-0.15, -0.1) is 11.8 Å². The summed E-state index contributed by atoms with van der Waals surface area (Å²) in [5.74, 6) is 1.45. The Labute approximate surface area is 140 Å². The molecule has 2 aromatic rings. The first-order chi connectivity index (χ1) is 11.3. The Hall–Kier alpha value is -2.45. The third-order valence-corrected chi connectivity index (χ3v) is 3.88. The summed E-state index contributed by atoms with van der Waals surface area (Å²) in [6.45, 7) is 0.572. The minimum atomic E-state index is -0.261. The van der Waals surface area contributed by atoms with Crippen LogP contribution in [-0.4, -0.2) is 24.9 Å². The van der Waals surface area contributed by atoms with Crippen molar-refractivity contribution in [1.82, 2.24) is 0 Å². The van der Waals surface area contributed by atoms with Gasteiger partial charge >= 0.3 is 5.97 Å². The fourth-order valence-electron chi connectivity index (χ4n) is 1.86. The van der Waals surface area contributed by atoms with Crippen molar-refractivity contribution < 1.29 is 14.3 Å². The molecular formula is C18H17NO3S. The summed E-state index contributed by atoms with van der Waals surface area (Å²) in [4.78, 5) is 11.6. The molecule has 0 spiro atoms. The van der Waals surface area contributed by atoms with E-state index in [0.29, 0.717) is 17.9 Å². The molecule has 0 aliphatic heterocycles. The quantitative estimate of drug-likeness (QED) is 0.549. The van der Waals surface area contributed by atoms with Gasteiger partial charge in [0.05, 0.1) is 17.4 Å². The van der Waals surface area contributed by atoms with Gasteiger partial charge in [0, 0.05) is 5.75 Å². The minimum absolute atomic E-state index is 0.234. The summed E-state index contributed by atoms with van der Waals surface area (Å²) in [6, 6.07) is 18.9. The zero-order valence-electron chi connectivity index (χ0n) is 12.6. The van der Waals surface area contributed by atoms with Crippen LogP contribution in [0.1, 0.15) is 11.1 Å². The van der Waals surface area contributed by atoms with Crippen molar-refractivity contribution in [3.63, 3.8) is 0 Å². The summed E-state index contributed by atoms with van der Waals surface area (Å²) < 4.78 is 10.6. The Morgan fingerprint density at radius 2 is 1.91 bits per heavy atom. The van der Waals surface area contributed by atoms with Crippen LogP contribution in [-0.2, 0) is 15.3 Å². The highest BCUT2D eigenvalue weighted by molar-refractivity contribution is 7.99. The van der Waals surface area contributed by atoms with Crippen molar-refractivity contribution in [1.29, 1.82) is 5.26 Å². The van der Waals surface area contributed by atoms with Crippen LogP contribution in [0.25, 0.3) is 0 Å². The normalized spacial score (nSPS) is 9.87. The van der Waals surface area contributed by atoms with Crippen LogP contribution in [0.4, 0.5) is 0 Å². The number of rotatable bonds is 8. The van der Waals surface area contributed by atoms with Crippen LogP contribution in [0.15, 0.2) is 54.6 Å². The van der Waals surface area contributed by atoms with Gasteiger partial charge < -0.3 is 9.47 Å². The number of hydrogen-bond donors (Lipinski definition) is 0. The second-order valence-electron chi connectivity index (χ2n) is 4.69. The third-order valence-electron chi connectivity index (χ3n) is 2.90. The van der Waals surface area contributed by atoms with Crippen LogP contribution in [0, 0.1) is 11.3 Å². The summed E-state index contributed by atoms with van der Waals surface area (Å²) in [5.41, 5.74) is 1.65. The highest BCUT2D eigenvalue weighted by atomic mass is 32.2. The molecule has 0 radical (unpaired) electrons. The van der Waals surface area contributed by atoms with Crippen LogP contribution in [0.2, 0.25) is 0 Å². The predicted octanol–water partition coefficient (Wildman–Crippen LogP) is 3.41. The van der Waals surface area contributed by atoms with Gasteiger partial charge in [-0.05, 0) is 29.8 Å². The van der Waals surface area contributed by atoms with Gasteiger partial charge in [0.1, 0.15) is 19.0 Å². The smallest absolute Gasteiger partial charge is 0.316 e. The lowest BCUT2D eigenvalue weighted by Crippen LogP contribution is -2.13. The molecule has 2 aromatic carbocycles. The van der Waals surface area contributed by atoms with Crippen LogP contribution < -0.4 is 4.74 Å². The van der Waals surface area contributed by atoms with Crippen molar-refractivity contribution in [2.75, 3.05) is 19.0 Å². The van der Waals surface area contributed by atoms with E-state index in [4.69, 9.17) is 14.7 Å². The number of carbonyl (C=O) groups excluding carboxylic acids is 1. The molecule has 0 amide bonds. The monoisotopic (exact) mass is 327 g/mol. The predicted molar refractivity (Wildman–Crippen MR) is 90.2 cm³/mol. The number of thioether (sulfide) groups is 1. The number of para-hydroxylation sites is 1. The van der Waals surface area contributed by atoms with Crippen molar-refractivity contribution in [3.8, 4) is 11.8 Å². The molecule has 118 valence electrons. The third kappa shape index (κ3) is 6.45. The van der Waals surface area contributed by atoms with E-state index in [9.17, 15) is 4.79 Å². The summed E-state index contributed by atoms with van der Waals surface area (Å²) in [5, 5.41) is 8.84. The average molecular weight is 327 g/mol. The molecule has 0 bridgehead atoms. The molecule has 0 atom stereocenters. The van der Waals surface area contributed by atoms with E-state index in [-0.39, 0.29) is 18.3 Å². The topological polar surface area (TPSA) is 59.3 Å². The molecule has 4 nitrogen and oxygen atoms in total. The van der Waals surface area contributed by atoms with E-state index in [1.54, 1.807) is 6.07 Å². The lowest BCUT2D eigenvalue weighted by atomic mass is 10.2. The van der Waals surface area contributed by atoms with Gasteiger partial charge in [0.25, 0.3) is 0 Å². The van der Waals surface area contributed by atoms with Crippen LogP contribution >= 0.6 is 11.8 Å². The molecule has 0 saturated carbocycles. The Bertz CT molecular complexity index is 667. The van der Waals surface area contributed by atoms with Gasteiger partial charge in [0.15, 0.2) is 0 Å². The van der Waals surface area contributed by atoms with E-state index in [1.165, 1.54) is 11.8 Å². The zero-order chi connectivity index (χ0) is 16.3. The Morgan fingerprint density at radius 1 is 1.09 bits per heavy atom. The fraction of sp³-hybridized carbons (Fsp3) is 0.222. The number of nitrogens with zero attached hydrogens (tertiary/aromatic N) is 1. The first kappa shape index (κ1) is 16.9. The fourth-order valence-corrected chi connectivity index (χ4v) is 2.62. The van der Waals surface area contributed by atoms with Crippen LogP contribution in [0.5, 0.6) is 5.75 Å². The second-order valence-corrected chi connectivity index (χ2v) is 5.67. The minimum Gasteiger partial charge on any atom is -0.490 e. The number of hydrogen-bond acceptors (Lipinski definition) is 5. The molecule has 0 fully saturated rings. The molecule has 5 heteroatoms. The molecule has 23 heavy (non-hydrogen) atoms. The highest BCUT2D eigenvalue weighted by Crippen LogP contribution is 2.14. The number of benzene rings is 2. The van der Waals surface area contributed by atoms with Gasteiger partial charge in [-0.3, -0.25) is 4.79 Å². The first-order valence-corrected chi connectivity index (χ1v) is 8.33. The SMILES string of the molecule is N#Cc1cccc(CSCC(=O)OCCOc2ccccc2)c1. The number of nitriles is 1. The Balaban J connectivity index is 1.59. The molecule has 0 saturated heterocycles. The van der Waals surface area contributed by atoms with E-state index in [0.717, 1.165) is 11.3 Å². The molecule has 0 unspecified atom stereocenters. The summed E-state index contributed by atoms with van der Waals surface area (Å²) in [6.07, 6.45) is 0. The largest absolute Gasteiger partial charge is 0.490 e. The van der Waals surface area contributed by atoms with Gasteiger partial charge in [0.2, 0.25) is 0 Å². The van der Waals surface area contributed by atoms with Gasteiger partial charge in [-0.1, -0.05) is 30.3 Å². The number of carbonyl (C=O) groups is 1. The van der Waals surface area contributed by atoms with Gasteiger partial charge in [-0.2, -0.15) is 5.26 Å². The lowest BCUT2D eigenvalue weighted by molar-refractivity contribution is -0.141. The standard InChI is InChI=1S/C18H17NO3S/c19-12-15-5-4-6-16(11-15)13-23-14-18(20)22-10-9-21-17-7-2-1-3-8-17/h1-8,11H,9-10,13-14H2. The lowest BCUT2D eigenvalue weighted by Gasteiger charge is -2.07. The molecule has 0 N–H and O–H groups in total. The van der Waals surface area contributed by atoms with Crippen molar-refractivity contribution in [2.45, 2.75) is 5.75 Å². The summed E-state index contributed by atoms with van der Waals surface area (Å²) >= 11 is 1.46. The highest BCUT2D eigenvalue weighted by Gasteiger charge is 2.04. The summed E-state index contributed by atoms with van der Waals surface area (Å²) in [7, 11) is 0. The second kappa shape index (κ2) is 9.54. The molecular weight excluding hydrogens is 310 g/mol. The number of ether oxygens (including phenoxy) is 2. The maximum Gasteiger partial charge on any atom is 0.316 e. The van der Waals surface area contributed by atoms with Crippen molar-refractivity contribution in [2.24, 2.45) is 0 Å². The van der Waals surface area contributed by atoms with Crippen molar-refractivity contribution in [3.05, 3.63) is 65.7 Å².